The predicted molar refractivity (Wildman–Crippen MR) is 65.7 cm³/mol. The van der Waals surface area contributed by atoms with Crippen molar-refractivity contribution in [3.05, 3.63) is 24.1 Å². The van der Waals surface area contributed by atoms with Gasteiger partial charge in [0.15, 0.2) is 11.5 Å². The third kappa shape index (κ3) is 2.17. The Morgan fingerprint density at radius 2 is 2.25 bits per heavy atom. The van der Waals surface area contributed by atoms with Gasteiger partial charge in [-0.2, -0.15) is 0 Å². The van der Waals surface area contributed by atoms with E-state index >= 15 is 0 Å². The number of likely N-dealkylation sites (N-methyl/N-ethyl adjacent to an activating group) is 1. The lowest BCUT2D eigenvalue weighted by Gasteiger charge is -2.21. The van der Waals surface area contributed by atoms with E-state index in [2.05, 4.69) is 9.88 Å². The highest BCUT2D eigenvalue weighted by Gasteiger charge is 2.07. The molecule has 0 aliphatic heterocycles. The van der Waals surface area contributed by atoms with E-state index in [-0.39, 0.29) is 6.04 Å². The summed E-state index contributed by atoms with van der Waals surface area (Å²) in [5.74, 6) is 0.696. The third-order valence-corrected chi connectivity index (χ3v) is 2.48. The molecule has 0 saturated heterocycles. The minimum Gasteiger partial charge on any atom is -0.441 e. The highest BCUT2D eigenvalue weighted by Crippen LogP contribution is 2.21. The van der Waals surface area contributed by atoms with Crippen LogP contribution in [0, 0.1) is 6.92 Å². The highest BCUT2D eigenvalue weighted by atomic mass is 16.3. The standard InChI is InChI=1S/C12H17N3O/c1-8(13)7-15(3)10-4-5-11-12(6-10)16-9(2)14-11/h4-6,8H,7,13H2,1-3H3. The molecule has 0 spiro atoms. The zero-order chi connectivity index (χ0) is 11.7. The average Bonchev–Trinajstić information content (AvgIpc) is 2.55. The van der Waals surface area contributed by atoms with Gasteiger partial charge < -0.3 is 15.1 Å². The van der Waals surface area contributed by atoms with E-state index in [1.807, 2.05) is 39.1 Å². The number of benzene rings is 1. The number of oxazole rings is 1. The highest BCUT2D eigenvalue weighted by molar-refractivity contribution is 5.77. The summed E-state index contributed by atoms with van der Waals surface area (Å²) >= 11 is 0. The number of fused-ring (bicyclic) bond motifs is 1. The largest absolute Gasteiger partial charge is 0.441 e. The molecule has 1 aromatic carbocycles. The summed E-state index contributed by atoms with van der Waals surface area (Å²) in [6, 6.07) is 6.15. The molecule has 4 heteroatoms. The fraction of sp³-hybridized carbons (Fsp3) is 0.417. The molecule has 2 aromatic rings. The summed E-state index contributed by atoms with van der Waals surface area (Å²) < 4.78 is 5.49. The second-order valence-electron chi connectivity index (χ2n) is 4.24. The second kappa shape index (κ2) is 4.14. The summed E-state index contributed by atoms with van der Waals surface area (Å²) in [6.07, 6.45) is 0. The van der Waals surface area contributed by atoms with Gasteiger partial charge in [-0.25, -0.2) is 4.98 Å². The molecule has 2 rings (SSSR count). The summed E-state index contributed by atoms with van der Waals surface area (Å²) in [6.45, 7) is 4.66. The van der Waals surface area contributed by atoms with Crippen LogP contribution in [0.2, 0.25) is 0 Å². The van der Waals surface area contributed by atoms with Gasteiger partial charge in [0, 0.05) is 38.3 Å². The normalized spacial score (nSPS) is 13.0. The summed E-state index contributed by atoms with van der Waals surface area (Å²) in [5.41, 5.74) is 8.59. The van der Waals surface area contributed by atoms with Crippen LogP contribution >= 0.6 is 0 Å². The molecule has 2 N–H and O–H groups in total. The predicted octanol–water partition coefficient (Wildman–Crippen LogP) is 1.92. The SMILES string of the molecule is Cc1nc2ccc(N(C)CC(C)N)cc2o1. The zero-order valence-corrected chi connectivity index (χ0v) is 9.90. The molecule has 0 aliphatic rings. The smallest absolute Gasteiger partial charge is 0.192 e. The van der Waals surface area contributed by atoms with E-state index in [1.165, 1.54) is 0 Å². The van der Waals surface area contributed by atoms with Crippen LogP contribution in [0.4, 0.5) is 5.69 Å². The van der Waals surface area contributed by atoms with Crippen molar-refractivity contribution in [3.63, 3.8) is 0 Å². The minimum atomic E-state index is 0.150. The van der Waals surface area contributed by atoms with Crippen molar-refractivity contribution in [2.75, 3.05) is 18.5 Å². The van der Waals surface area contributed by atoms with Crippen molar-refractivity contribution in [1.29, 1.82) is 0 Å². The van der Waals surface area contributed by atoms with Crippen LogP contribution in [-0.2, 0) is 0 Å². The van der Waals surface area contributed by atoms with E-state index in [9.17, 15) is 0 Å². The first kappa shape index (κ1) is 11.0. The lowest BCUT2D eigenvalue weighted by Crippen LogP contribution is -2.32. The van der Waals surface area contributed by atoms with Crippen LogP contribution in [0.15, 0.2) is 22.6 Å². The fourth-order valence-electron chi connectivity index (χ4n) is 1.80. The van der Waals surface area contributed by atoms with Gasteiger partial charge in [0.2, 0.25) is 0 Å². The summed E-state index contributed by atoms with van der Waals surface area (Å²) in [7, 11) is 2.02. The van der Waals surface area contributed by atoms with E-state index in [1.54, 1.807) is 0 Å². The molecule has 0 bridgehead atoms. The first-order valence-corrected chi connectivity index (χ1v) is 5.40. The number of hydrogen-bond donors (Lipinski definition) is 1. The van der Waals surface area contributed by atoms with Crippen molar-refractivity contribution in [2.45, 2.75) is 19.9 Å². The molecule has 0 saturated carbocycles. The van der Waals surface area contributed by atoms with Crippen molar-refractivity contribution in [1.82, 2.24) is 4.98 Å². The minimum absolute atomic E-state index is 0.150. The number of aromatic nitrogens is 1. The van der Waals surface area contributed by atoms with Gasteiger partial charge >= 0.3 is 0 Å². The second-order valence-corrected chi connectivity index (χ2v) is 4.24. The van der Waals surface area contributed by atoms with Crippen LogP contribution in [0.1, 0.15) is 12.8 Å². The van der Waals surface area contributed by atoms with E-state index in [4.69, 9.17) is 10.2 Å². The molecule has 16 heavy (non-hydrogen) atoms. The maximum atomic E-state index is 5.77. The van der Waals surface area contributed by atoms with Crippen molar-refractivity contribution < 1.29 is 4.42 Å². The van der Waals surface area contributed by atoms with Crippen molar-refractivity contribution in [2.24, 2.45) is 5.73 Å². The zero-order valence-electron chi connectivity index (χ0n) is 9.90. The molecule has 0 radical (unpaired) electrons. The number of aryl methyl sites for hydroxylation is 1. The number of nitrogens with two attached hydrogens (primary N) is 1. The van der Waals surface area contributed by atoms with Gasteiger partial charge in [-0.15, -0.1) is 0 Å². The number of hydrogen-bond acceptors (Lipinski definition) is 4. The Balaban J connectivity index is 2.31. The number of nitrogens with zero attached hydrogens (tertiary/aromatic N) is 2. The Morgan fingerprint density at radius 3 is 2.94 bits per heavy atom. The van der Waals surface area contributed by atoms with Crippen LogP contribution in [0.25, 0.3) is 11.1 Å². The number of rotatable bonds is 3. The van der Waals surface area contributed by atoms with Gasteiger partial charge in [0.1, 0.15) is 5.52 Å². The van der Waals surface area contributed by atoms with Gasteiger partial charge in [0.05, 0.1) is 0 Å². The fourth-order valence-corrected chi connectivity index (χ4v) is 1.80. The molecule has 0 fully saturated rings. The van der Waals surface area contributed by atoms with E-state index in [0.29, 0.717) is 5.89 Å². The average molecular weight is 219 g/mol. The van der Waals surface area contributed by atoms with E-state index in [0.717, 1.165) is 23.3 Å². The van der Waals surface area contributed by atoms with Crippen molar-refractivity contribution in [3.8, 4) is 0 Å². The molecule has 0 amide bonds. The maximum Gasteiger partial charge on any atom is 0.192 e. The maximum absolute atomic E-state index is 5.77. The summed E-state index contributed by atoms with van der Waals surface area (Å²) in [4.78, 5) is 6.38. The molecule has 1 unspecified atom stereocenters. The molecule has 1 heterocycles. The summed E-state index contributed by atoms with van der Waals surface area (Å²) in [5, 5.41) is 0. The monoisotopic (exact) mass is 219 g/mol. The molecule has 4 nitrogen and oxygen atoms in total. The lowest BCUT2D eigenvalue weighted by atomic mass is 10.2. The molecular weight excluding hydrogens is 202 g/mol. The first-order valence-electron chi connectivity index (χ1n) is 5.40. The molecule has 0 aliphatic carbocycles. The number of anilines is 1. The first-order chi connectivity index (χ1) is 7.56. The quantitative estimate of drug-likeness (QED) is 0.856. The van der Waals surface area contributed by atoms with Crippen LogP contribution < -0.4 is 10.6 Å². The lowest BCUT2D eigenvalue weighted by molar-refractivity contribution is 0.561. The molecule has 1 atom stereocenters. The topological polar surface area (TPSA) is 55.3 Å². The van der Waals surface area contributed by atoms with Crippen LogP contribution in [0.5, 0.6) is 0 Å². The Kier molecular flexibility index (Phi) is 2.83. The van der Waals surface area contributed by atoms with Gasteiger partial charge in [-0.05, 0) is 19.1 Å². The Labute approximate surface area is 95.1 Å². The molecular formula is C12H17N3O. The van der Waals surface area contributed by atoms with E-state index < -0.39 is 0 Å². The van der Waals surface area contributed by atoms with Crippen LogP contribution in [0.3, 0.4) is 0 Å². The van der Waals surface area contributed by atoms with Gasteiger partial charge in [-0.1, -0.05) is 0 Å². The van der Waals surface area contributed by atoms with Gasteiger partial charge in [0.25, 0.3) is 0 Å². The Hall–Kier alpha value is -1.55. The van der Waals surface area contributed by atoms with Crippen molar-refractivity contribution >= 4 is 16.8 Å². The third-order valence-electron chi connectivity index (χ3n) is 2.48. The Morgan fingerprint density at radius 1 is 1.50 bits per heavy atom. The molecule has 86 valence electrons. The molecule has 1 aromatic heterocycles. The Bertz CT molecular complexity index is 490. The van der Waals surface area contributed by atoms with Crippen LogP contribution in [-0.4, -0.2) is 24.6 Å². The van der Waals surface area contributed by atoms with Gasteiger partial charge in [-0.3, -0.25) is 0 Å².